The van der Waals surface area contributed by atoms with Crippen molar-refractivity contribution < 1.29 is 14.6 Å². The Hall–Kier alpha value is -1.35. The van der Waals surface area contributed by atoms with Crippen molar-refractivity contribution in [1.29, 1.82) is 0 Å². The summed E-state index contributed by atoms with van der Waals surface area (Å²) in [6, 6.07) is 0. The van der Waals surface area contributed by atoms with Crippen LogP contribution in [0.1, 0.15) is 33.1 Å². The Morgan fingerprint density at radius 3 is 2.83 bits per heavy atom. The van der Waals surface area contributed by atoms with Gasteiger partial charge in [0.15, 0.2) is 0 Å². The van der Waals surface area contributed by atoms with Gasteiger partial charge in [-0.2, -0.15) is 0 Å². The van der Waals surface area contributed by atoms with Gasteiger partial charge in [0.05, 0.1) is 12.0 Å². The number of aliphatic hydroxyl groups excluding tert-OH is 1. The highest BCUT2D eigenvalue weighted by Crippen LogP contribution is 2.34. The first-order valence-electron chi connectivity index (χ1n) is 6.40. The normalized spacial score (nSPS) is 33.4. The van der Waals surface area contributed by atoms with Crippen LogP contribution in [-0.4, -0.2) is 23.3 Å². The maximum Gasteiger partial charge on any atom is 0.334 e. The van der Waals surface area contributed by atoms with E-state index in [4.69, 9.17) is 4.74 Å². The average molecular weight is 248 g/mol. The van der Waals surface area contributed by atoms with Gasteiger partial charge in [-0.25, -0.2) is 4.79 Å². The molecule has 2 unspecified atom stereocenters. The minimum Gasteiger partial charge on any atom is -0.458 e. The lowest BCUT2D eigenvalue weighted by Crippen LogP contribution is -2.28. The largest absolute Gasteiger partial charge is 0.458 e. The molecule has 18 heavy (non-hydrogen) atoms. The van der Waals surface area contributed by atoms with Crippen LogP contribution in [0.15, 0.2) is 35.5 Å². The Kier molecular flexibility index (Phi) is 3.71. The number of esters is 1. The SMILES string of the molecule is C=C1C(=O)OC2CC(C)=CCCC(C)=C[C@H](O)C12. The van der Waals surface area contributed by atoms with Gasteiger partial charge >= 0.3 is 5.97 Å². The van der Waals surface area contributed by atoms with E-state index in [1.807, 2.05) is 19.9 Å². The maximum absolute atomic E-state index is 11.6. The lowest BCUT2D eigenvalue weighted by atomic mass is 9.86. The second-order valence-corrected chi connectivity index (χ2v) is 5.29. The Labute approximate surface area is 108 Å². The molecule has 1 saturated heterocycles. The van der Waals surface area contributed by atoms with E-state index in [0.717, 1.165) is 18.4 Å². The summed E-state index contributed by atoms with van der Waals surface area (Å²) in [5.74, 6) is -0.684. The van der Waals surface area contributed by atoms with Crippen molar-refractivity contribution in [3.63, 3.8) is 0 Å². The van der Waals surface area contributed by atoms with E-state index >= 15 is 0 Å². The van der Waals surface area contributed by atoms with Gasteiger partial charge in [0, 0.05) is 12.0 Å². The fourth-order valence-corrected chi connectivity index (χ4v) is 2.67. The predicted molar refractivity (Wildman–Crippen MR) is 69.9 cm³/mol. The molecule has 0 aromatic rings. The zero-order valence-electron chi connectivity index (χ0n) is 11.0. The lowest BCUT2D eigenvalue weighted by molar-refractivity contribution is -0.139. The van der Waals surface area contributed by atoms with Gasteiger partial charge in [-0.05, 0) is 26.7 Å². The molecule has 0 amide bonds. The van der Waals surface area contributed by atoms with Crippen molar-refractivity contribution in [2.45, 2.75) is 45.3 Å². The van der Waals surface area contributed by atoms with Crippen molar-refractivity contribution in [3.05, 3.63) is 35.5 Å². The van der Waals surface area contributed by atoms with Gasteiger partial charge < -0.3 is 9.84 Å². The molecule has 2 aliphatic rings. The van der Waals surface area contributed by atoms with Crippen LogP contribution in [0, 0.1) is 5.92 Å². The highest BCUT2D eigenvalue weighted by Gasteiger charge is 2.42. The highest BCUT2D eigenvalue weighted by atomic mass is 16.6. The van der Waals surface area contributed by atoms with E-state index in [9.17, 15) is 9.90 Å². The number of hydrogen-bond donors (Lipinski definition) is 1. The predicted octanol–water partition coefficient (Wildman–Crippen LogP) is 2.52. The molecule has 98 valence electrons. The van der Waals surface area contributed by atoms with E-state index in [1.54, 1.807) is 0 Å². The Morgan fingerprint density at radius 2 is 2.11 bits per heavy atom. The monoisotopic (exact) mass is 248 g/mol. The van der Waals surface area contributed by atoms with Crippen LogP contribution < -0.4 is 0 Å². The number of carbonyl (C=O) groups is 1. The Bertz CT molecular complexity index is 431. The van der Waals surface area contributed by atoms with Crippen LogP contribution >= 0.6 is 0 Å². The zero-order chi connectivity index (χ0) is 13.3. The number of fused-ring (bicyclic) bond motifs is 1. The summed E-state index contributed by atoms with van der Waals surface area (Å²) in [7, 11) is 0. The minimum absolute atomic E-state index is 0.279. The molecule has 0 saturated carbocycles. The summed E-state index contributed by atoms with van der Waals surface area (Å²) in [6.07, 6.45) is 5.64. The Morgan fingerprint density at radius 1 is 1.39 bits per heavy atom. The quantitative estimate of drug-likeness (QED) is 0.407. The molecule has 0 aromatic heterocycles. The van der Waals surface area contributed by atoms with E-state index < -0.39 is 6.10 Å². The fourth-order valence-electron chi connectivity index (χ4n) is 2.67. The second-order valence-electron chi connectivity index (χ2n) is 5.29. The van der Waals surface area contributed by atoms with Gasteiger partial charge in [0.25, 0.3) is 0 Å². The molecule has 0 bridgehead atoms. The van der Waals surface area contributed by atoms with Gasteiger partial charge in [-0.3, -0.25) is 0 Å². The van der Waals surface area contributed by atoms with Crippen LogP contribution in [0.5, 0.6) is 0 Å². The molecule has 3 atom stereocenters. The minimum atomic E-state index is -0.681. The molecule has 3 heteroatoms. The molecule has 1 aliphatic heterocycles. The number of rotatable bonds is 0. The number of aliphatic hydroxyl groups is 1. The zero-order valence-corrected chi connectivity index (χ0v) is 11.0. The van der Waals surface area contributed by atoms with Crippen LogP contribution in [0.25, 0.3) is 0 Å². The number of allylic oxidation sites excluding steroid dienone is 2. The fraction of sp³-hybridized carbons (Fsp3) is 0.533. The van der Waals surface area contributed by atoms with Crippen LogP contribution in [0.4, 0.5) is 0 Å². The van der Waals surface area contributed by atoms with Crippen molar-refractivity contribution >= 4 is 5.97 Å². The number of carbonyl (C=O) groups excluding carboxylic acids is 1. The molecule has 0 aromatic carbocycles. The number of ether oxygens (including phenoxy) is 1. The van der Waals surface area contributed by atoms with E-state index in [2.05, 4.69) is 12.7 Å². The molecular formula is C15H20O3. The molecule has 0 spiro atoms. The van der Waals surface area contributed by atoms with Crippen LogP contribution in [-0.2, 0) is 9.53 Å². The van der Waals surface area contributed by atoms with Crippen molar-refractivity contribution in [3.8, 4) is 0 Å². The van der Waals surface area contributed by atoms with Crippen molar-refractivity contribution in [2.75, 3.05) is 0 Å². The second kappa shape index (κ2) is 5.11. The molecule has 2 rings (SSSR count). The third-order valence-electron chi connectivity index (χ3n) is 3.70. The average Bonchev–Trinajstić information content (AvgIpc) is 2.53. The molecule has 1 fully saturated rings. The lowest BCUT2D eigenvalue weighted by Gasteiger charge is -2.22. The summed E-state index contributed by atoms with van der Waals surface area (Å²) in [6.45, 7) is 7.81. The van der Waals surface area contributed by atoms with Gasteiger partial charge in [-0.1, -0.05) is 29.9 Å². The first-order valence-corrected chi connectivity index (χ1v) is 6.40. The summed E-state index contributed by atoms with van der Waals surface area (Å²) in [5, 5.41) is 10.3. The smallest absolute Gasteiger partial charge is 0.334 e. The first kappa shape index (κ1) is 13.1. The van der Waals surface area contributed by atoms with Gasteiger partial charge in [-0.15, -0.1) is 0 Å². The molecule has 1 aliphatic carbocycles. The summed E-state index contributed by atoms with van der Waals surface area (Å²) >= 11 is 0. The third-order valence-corrected chi connectivity index (χ3v) is 3.70. The maximum atomic E-state index is 11.6. The van der Waals surface area contributed by atoms with Crippen molar-refractivity contribution in [2.24, 2.45) is 5.92 Å². The molecule has 1 heterocycles. The van der Waals surface area contributed by atoms with E-state index in [0.29, 0.717) is 12.0 Å². The summed E-state index contributed by atoms with van der Waals surface area (Å²) in [4.78, 5) is 11.6. The molecular weight excluding hydrogens is 228 g/mol. The Balaban J connectivity index is 2.32. The van der Waals surface area contributed by atoms with Crippen molar-refractivity contribution in [1.82, 2.24) is 0 Å². The van der Waals surface area contributed by atoms with Crippen LogP contribution in [0.2, 0.25) is 0 Å². The topological polar surface area (TPSA) is 46.5 Å². The van der Waals surface area contributed by atoms with E-state index in [-0.39, 0.29) is 18.0 Å². The molecule has 0 radical (unpaired) electrons. The molecule has 3 nitrogen and oxygen atoms in total. The van der Waals surface area contributed by atoms with Crippen LogP contribution in [0.3, 0.4) is 0 Å². The van der Waals surface area contributed by atoms with E-state index in [1.165, 1.54) is 5.57 Å². The standard InChI is InChI=1S/C15H20O3/c1-9-5-4-6-10(2)8-13-14(12(16)7-9)11(3)15(17)18-13/h6-7,12-14,16H,3-5,8H2,1-2H3/t12-,13?,14?/m0/s1. The third kappa shape index (κ3) is 2.56. The summed E-state index contributed by atoms with van der Waals surface area (Å²) < 4.78 is 5.32. The first-order chi connectivity index (χ1) is 8.49. The molecule has 1 N–H and O–H groups in total. The van der Waals surface area contributed by atoms with Gasteiger partial charge in [0.2, 0.25) is 0 Å². The highest BCUT2D eigenvalue weighted by molar-refractivity contribution is 5.91. The van der Waals surface area contributed by atoms with Gasteiger partial charge in [0.1, 0.15) is 6.10 Å². The summed E-state index contributed by atoms with van der Waals surface area (Å²) in [5.41, 5.74) is 2.73. The number of hydrogen-bond acceptors (Lipinski definition) is 3.